The first kappa shape index (κ1) is 20.0. The minimum absolute atomic E-state index is 0.266. The van der Waals surface area contributed by atoms with Crippen LogP contribution in [0.25, 0.3) is 0 Å². The Labute approximate surface area is 144 Å². The average molecular weight is 335 g/mol. The Balaban J connectivity index is 2.67. The average Bonchev–Trinajstić information content (AvgIpc) is 2.58. The minimum Gasteiger partial charge on any atom is -0.462 e. The number of esters is 1. The molecular formula is C18H29N3O3. The molecule has 0 radical (unpaired) electrons. The third-order valence-corrected chi connectivity index (χ3v) is 3.46. The van der Waals surface area contributed by atoms with Gasteiger partial charge in [-0.15, -0.1) is 0 Å². The number of guanidine groups is 1. The number of carbonyl (C=O) groups excluding carboxylic acids is 1. The molecule has 1 aromatic carbocycles. The highest BCUT2D eigenvalue weighted by atomic mass is 16.5. The number of carbonyl (C=O) groups is 1. The summed E-state index contributed by atoms with van der Waals surface area (Å²) < 4.78 is 10.4. The van der Waals surface area contributed by atoms with Gasteiger partial charge in [-0.2, -0.15) is 0 Å². The second-order valence-electron chi connectivity index (χ2n) is 5.93. The monoisotopic (exact) mass is 335 g/mol. The van der Waals surface area contributed by atoms with Gasteiger partial charge in [0.05, 0.1) is 24.3 Å². The molecule has 0 atom stereocenters. The minimum atomic E-state index is -0.302. The van der Waals surface area contributed by atoms with Crippen LogP contribution >= 0.6 is 0 Å². The van der Waals surface area contributed by atoms with Crippen LogP contribution in [0.4, 0.5) is 0 Å². The number of aliphatic imine (C=N–C) groups is 1. The zero-order chi connectivity index (χ0) is 18.0. The highest BCUT2D eigenvalue weighted by molar-refractivity contribution is 5.89. The van der Waals surface area contributed by atoms with E-state index in [9.17, 15) is 4.79 Å². The molecular weight excluding hydrogens is 306 g/mol. The number of methoxy groups -OCH3 is 1. The van der Waals surface area contributed by atoms with Crippen molar-refractivity contribution in [2.45, 2.75) is 39.8 Å². The molecule has 2 N–H and O–H groups in total. The van der Waals surface area contributed by atoms with E-state index in [0.29, 0.717) is 25.3 Å². The summed E-state index contributed by atoms with van der Waals surface area (Å²) in [6, 6.07) is 7.30. The van der Waals surface area contributed by atoms with Gasteiger partial charge in [0, 0.05) is 20.2 Å². The van der Waals surface area contributed by atoms with Gasteiger partial charge in [-0.1, -0.05) is 12.1 Å². The van der Waals surface area contributed by atoms with Crippen LogP contribution in [0, 0.1) is 0 Å². The number of hydrogen-bond donors (Lipinski definition) is 2. The van der Waals surface area contributed by atoms with E-state index in [-0.39, 0.29) is 11.6 Å². The Bertz CT molecular complexity index is 539. The maximum atomic E-state index is 11.6. The summed E-state index contributed by atoms with van der Waals surface area (Å²) in [6.45, 7) is 10.2. The molecule has 0 spiro atoms. The zero-order valence-electron chi connectivity index (χ0n) is 15.3. The van der Waals surface area contributed by atoms with Gasteiger partial charge in [0.15, 0.2) is 5.96 Å². The van der Waals surface area contributed by atoms with Crippen LogP contribution in [0.1, 0.15) is 43.6 Å². The van der Waals surface area contributed by atoms with E-state index < -0.39 is 0 Å². The van der Waals surface area contributed by atoms with Gasteiger partial charge in [0.25, 0.3) is 0 Å². The van der Waals surface area contributed by atoms with Crippen LogP contribution in [-0.4, -0.2) is 44.3 Å². The molecule has 0 fully saturated rings. The lowest BCUT2D eigenvalue weighted by molar-refractivity contribution is 0.0268. The molecule has 134 valence electrons. The summed E-state index contributed by atoms with van der Waals surface area (Å²) in [7, 11) is 1.69. The van der Waals surface area contributed by atoms with E-state index >= 15 is 0 Å². The van der Waals surface area contributed by atoms with Gasteiger partial charge >= 0.3 is 5.97 Å². The van der Waals surface area contributed by atoms with E-state index in [1.165, 1.54) is 0 Å². The lowest BCUT2D eigenvalue weighted by atomic mass is 10.1. The van der Waals surface area contributed by atoms with Crippen molar-refractivity contribution >= 4 is 11.9 Å². The molecule has 6 nitrogen and oxygen atoms in total. The first-order chi connectivity index (χ1) is 11.4. The predicted octanol–water partition coefficient (Wildman–Crippen LogP) is 2.34. The summed E-state index contributed by atoms with van der Waals surface area (Å²) in [5, 5.41) is 6.47. The maximum Gasteiger partial charge on any atom is 0.338 e. The van der Waals surface area contributed by atoms with Gasteiger partial charge in [-0.25, -0.2) is 9.79 Å². The van der Waals surface area contributed by atoms with Crippen molar-refractivity contribution in [3.8, 4) is 0 Å². The summed E-state index contributed by atoms with van der Waals surface area (Å²) in [5.74, 6) is 0.432. The quantitative estimate of drug-likeness (QED) is 0.433. The Morgan fingerprint density at radius 2 is 1.83 bits per heavy atom. The van der Waals surface area contributed by atoms with E-state index in [4.69, 9.17) is 9.47 Å². The standard InChI is InChI=1S/C18H29N3O3/c1-6-19-17(21-13-18(3,4)23-5)20-12-14-8-10-15(11-9-14)16(22)24-7-2/h8-11H,6-7,12-13H2,1-5H3,(H2,19,20,21). The van der Waals surface area contributed by atoms with Crippen LogP contribution in [-0.2, 0) is 16.0 Å². The van der Waals surface area contributed by atoms with Crippen molar-refractivity contribution < 1.29 is 14.3 Å². The van der Waals surface area contributed by atoms with Crippen LogP contribution in [0.3, 0.4) is 0 Å². The summed E-state index contributed by atoms with van der Waals surface area (Å²) in [5.41, 5.74) is 1.31. The second-order valence-corrected chi connectivity index (χ2v) is 5.93. The molecule has 0 heterocycles. The van der Waals surface area contributed by atoms with Crippen molar-refractivity contribution in [3.63, 3.8) is 0 Å². The third-order valence-electron chi connectivity index (χ3n) is 3.46. The Hall–Kier alpha value is -2.08. The molecule has 6 heteroatoms. The van der Waals surface area contributed by atoms with Crippen LogP contribution in [0.2, 0.25) is 0 Å². The van der Waals surface area contributed by atoms with E-state index in [2.05, 4.69) is 15.6 Å². The fourth-order valence-corrected chi connectivity index (χ4v) is 1.84. The van der Waals surface area contributed by atoms with Gasteiger partial charge in [0.2, 0.25) is 0 Å². The first-order valence-corrected chi connectivity index (χ1v) is 8.25. The van der Waals surface area contributed by atoms with Crippen molar-refractivity contribution in [1.29, 1.82) is 0 Å². The number of hydrogen-bond acceptors (Lipinski definition) is 4. The van der Waals surface area contributed by atoms with E-state index in [1.54, 1.807) is 26.2 Å². The molecule has 0 aromatic heterocycles. The highest BCUT2D eigenvalue weighted by Gasteiger charge is 2.16. The maximum absolute atomic E-state index is 11.6. The summed E-state index contributed by atoms with van der Waals surface area (Å²) in [6.07, 6.45) is 0. The van der Waals surface area contributed by atoms with Gasteiger partial charge in [0.1, 0.15) is 0 Å². The van der Waals surface area contributed by atoms with Crippen molar-refractivity contribution in [2.24, 2.45) is 4.99 Å². The summed E-state index contributed by atoms with van der Waals surface area (Å²) >= 11 is 0. The number of ether oxygens (including phenoxy) is 2. The highest BCUT2D eigenvalue weighted by Crippen LogP contribution is 2.08. The molecule has 0 saturated carbocycles. The molecule has 1 rings (SSSR count). The molecule has 0 unspecified atom stereocenters. The van der Waals surface area contributed by atoms with Crippen LogP contribution < -0.4 is 10.6 Å². The number of rotatable bonds is 8. The lowest BCUT2D eigenvalue weighted by Crippen LogP contribution is -2.45. The largest absolute Gasteiger partial charge is 0.462 e. The Morgan fingerprint density at radius 3 is 2.38 bits per heavy atom. The molecule has 0 saturated heterocycles. The topological polar surface area (TPSA) is 72.0 Å². The Morgan fingerprint density at radius 1 is 1.17 bits per heavy atom. The third kappa shape index (κ3) is 7.00. The SMILES string of the molecule is CCNC(=NCc1ccc(C(=O)OCC)cc1)NCC(C)(C)OC. The zero-order valence-corrected chi connectivity index (χ0v) is 15.3. The molecule has 0 aliphatic carbocycles. The number of nitrogens with zero attached hydrogens (tertiary/aromatic N) is 1. The Kier molecular flexibility index (Phi) is 8.26. The predicted molar refractivity (Wildman–Crippen MR) is 96.3 cm³/mol. The van der Waals surface area contributed by atoms with E-state index in [1.807, 2.05) is 32.9 Å². The smallest absolute Gasteiger partial charge is 0.338 e. The molecule has 0 aliphatic rings. The van der Waals surface area contributed by atoms with Crippen molar-refractivity contribution in [3.05, 3.63) is 35.4 Å². The fraction of sp³-hybridized carbons (Fsp3) is 0.556. The molecule has 24 heavy (non-hydrogen) atoms. The van der Waals surface area contributed by atoms with Gasteiger partial charge in [-0.05, 0) is 45.4 Å². The van der Waals surface area contributed by atoms with Crippen molar-refractivity contribution in [1.82, 2.24) is 10.6 Å². The number of nitrogens with one attached hydrogen (secondary N) is 2. The van der Waals surface area contributed by atoms with Crippen LogP contribution in [0.15, 0.2) is 29.3 Å². The van der Waals surface area contributed by atoms with Crippen LogP contribution in [0.5, 0.6) is 0 Å². The second kappa shape index (κ2) is 9.93. The van der Waals surface area contributed by atoms with Gasteiger partial charge < -0.3 is 20.1 Å². The molecule has 0 amide bonds. The van der Waals surface area contributed by atoms with E-state index in [0.717, 1.165) is 18.1 Å². The normalized spacial score (nSPS) is 12.0. The fourth-order valence-electron chi connectivity index (χ4n) is 1.84. The molecule has 0 bridgehead atoms. The summed E-state index contributed by atoms with van der Waals surface area (Å²) in [4.78, 5) is 16.2. The molecule has 0 aliphatic heterocycles. The number of benzene rings is 1. The first-order valence-electron chi connectivity index (χ1n) is 8.25. The lowest BCUT2D eigenvalue weighted by Gasteiger charge is -2.24. The molecule has 1 aromatic rings. The van der Waals surface area contributed by atoms with Crippen molar-refractivity contribution in [2.75, 3.05) is 26.8 Å². The van der Waals surface area contributed by atoms with Gasteiger partial charge in [-0.3, -0.25) is 0 Å².